The zero-order chi connectivity index (χ0) is 17.8. The van der Waals surface area contributed by atoms with Gasteiger partial charge < -0.3 is 20.1 Å². The third-order valence-electron chi connectivity index (χ3n) is 3.83. The van der Waals surface area contributed by atoms with E-state index in [1.165, 1.54) is 0 Å². The van der Waals surface area contributed by atoms with Crippen LogP contribution in [0, 0.1) is 6.92 Å². The Balaban J connectivity index is 1.62. The first-order valence-electron chi connectivity index (χ1n) is 8.11. The Morgan fingerprint density at radius 3 is 2.56 bits per heavy atom. The number of ether oxygens (including phenoxy) is 2. The van der Waals surface area contributed by atoms with Crippen molar-refractivity contribution in [3.63, 3.8) is 0 Å². The molecule has 0 aliphatic carbocycles. The second kappa shape index (κ2) is 7.25. The van der Waals surface area contributed by atoms with E-state index < -0.39 is 6.04 Å². The van der Waals surface area contributed by atoms with E-state index in [0.717, 1.165) is 5.56 Å². The summed E-state index contributed by atoms with van der Waals surface area (Å²) < 4.78 is 10.9. The summed E-state index contributed by atoms with van der Waals surface area (Å²) in [5, 5.41) is 5.47. The van der Waals surface area contributed by atoms with Crippen LogP contribution < -0.4 is 20.1 Å². The van der Waals surface area contributed by atoms with Gasteiger partial charge in [-0.05, 0) is 38.1 Å². The number of rotatable bonds is 4. The lowest BCUT2D eigenvalue weighted by Crippen LogP contribution is -2.41. The number of hydrogen-bond donors (Lipinski definition) is 2. The van der Waals surface area contributed by atoms with Gasteiger partial charge in [0.25, 0.3) is 5.91 Å². The van der Waals surface area contributed by atoms with Gasteiger partial charge in [-0.1, -0.05) is 17.7 Å². The molecule has 0 radical (unpaired) electrons. The van der Waals surface area contributed by atoms with E-state index in [2.05, 4.69) is 10.6 Å². The summed E-state index contributed by atoms with van der Waals surface area (Å²) in [6.07, 6.45) is 0. The largest absolute Gasteiger partial charge is 0.486 e. The minimum absolute atomic E-state index is 0.284. The van der Waals surface area contributed by atoms with E-state index in [4.69, 9.17) is 9.47 Å². The Labute approximate surface area is 146 Å². The van der Waals surface area contributed by atoms with E-state index in [-0.39, 0.29) is 11.8 Å². The van der Waals surface area contributed by atoms with E-state index in [0.29, 0.717) is 36.0 Å². The van der Waals surface area contributed by atoms with Crippen molar-refractivity contribution in [3.05, 3.63) is 53.6 Å². The molecule has 3 rings (SSSR count). The summed E-state index contributed by atoms with van der Waals surface area (Å²) in [5.41, 5.74) is 2.10. The number of amides is 2. The third kappa shape index (κ3) is 4.09. The number of fused-ring (bicyclic) bond motifs is 1. The van der Waals surface area contributed by atoms with E-state index in [1.807, 2.05) is 19.1 Å². The predicted octanol–water partition coefficient (Wildman–Crippen LogP) is 2.52. The topological polar surface area (TPSA) is 76.7 Å². The van der Waals surface area contributed by atoms with Crippen molar-refractivity contribution in [1.82, 2.24) is 5.32 Å². The number of carbonyl (C=O) groups is 2. The van der Waals surface area contributed by atoms with Crippen LogP contribution in [0.3, 0.4) is 0 Å². The molecule has 0 aromatic heterocycles. The second-order valence-corrected chi connectivity index (χ2v) is 5.91. The van der Waals surface area contributed by atoms with E-state index in [9.17, 15) is 9.59 Å². The first kappa shape index (κ1) is 16.8. The molecule has 1 atom stereocenters. The second-order valence-electron chi connectivity index (χ2n) is 5.91. The van der Waals surface area contributed by atoms with Crippen molar-refractivity contribution in [3.8, 4) is 11.5 Å². The van der Waals surface area contributed by atoms with Gasteiger partial charge in [0, 0.05) is 17.3 Å². The summed E-state index contributed by atoms with van der Waals surface area (Å²) in [5.74, 6) is 0.664. The lowest BCUT2D eigenvalue weighted by atomic mass is 10.1. The summed E-state index contributed by atoms with van der Waals surface area (Å²) >= 11 is 0. The summed E-state index contributed by atoms with van der Waals surface area (Å²) in [7, 11) is 0. The third-order valence-corrected chi connectivity index (χ3v) is 3.83. The highest BCUT2D eigenvalue weighted by molar-refractivity contribution is 6.01. The molecule has 1 heterocycles. The van der Waals surface area contributed by atoms with E-state index >= 15 is 0 Å². The van der Waals surface area contributed by atoms with Gasteiger partial charge in [0.05, 0.1) is 0 Å². The van der Waals surface area contributed by atoms with Gasteiger partial charge in [-0.15, -0.1) is 0 Å². The molecule has 2 aromatic rings. The zero-order valence-corrected chi connectivity index (χ0v) is 14.2. The van der Waals surface area contributed by atoms with Crippen molar-refractivity contribution in [1.29, 1.82) is 0 Å². The van der Waals surface area contributed by atoms with Crippen LogP contribution in [0.15, 0.2) is 42.5 Å². The average molecular weight is 340 g/mol. The molecule has 1 aliphatic rings. The first-order chi connectivity index (χ1) is 12.0. The number of hydrogen-bond acceptors (Lipinski definition) is 4. The molecule has 0 saturated carbocycles. The van der Waals surface area contributed by atoms with Crippen molar-refractivity contribution in [2.45, 2.75) is 19.9 Å². The maximum atomic E-state index is 12.3. The monoisotopic (exact) mass is 340 g/mol. The lowest BCUT2D eigenvalue weighted by molar-refractivity contribution is -0.117. The molecule has 0 saturated heterocycles. The van der Waals surface area contributed by atoms with Gasteiger partial charge in [0.15, 0.2) is 11.5 Å². The summed E-state index contributed by atoms with van der Waals surface area (Å²) in [4.78, 5) is 24.5. The highest BCUT2D eigenvalue weighted by Gasteiger charge is 2.18. The number of nitrogens with one attached hydrogen (secondary N) is 2. The molecular formula is C19H20N2O4. The molecule has 0 fully saturated rings. The highest BCUT2D eigenvalue weighted by atomic mass is 16.6. The van der Waals surface area contributed by atoms with Crippen LogP contribution in [-0.4, -0.2) is 31.1 Å². The molecule has 2 amide bonds. The first-order valence-corrected chi connectivity index (χ1v) is 8.11. The molecule has 6 nitrogen and oxygen atoms in total. The zero-order valence-electron chi connectivity index (χ0n) is 14.2. The summed E-state index contributed by atoms with van der Waals surface area (Å²) in [6.45, 7) is 4.55. The van der Waals surface area contributed by atoms with Crippen molar-refractivity contribution < 1.29 is 19.1 Å². The standard InChI is InChI=1S/C19H20N2O4/c1-12-4-3-5-14(10-12)19(23)20-13(2)18(22)21-15-6-7-16-17(11-15)25-9-8-24-16/h3-7,10-11,13H,8-9H2,1-2H3,(H,20,23)(H,21,22). The Morgan fingerprint density at radius 1 is 1.04 bits per heavy atom. The number of anilines is 1. The molecule has 2 N–H and O–H groups in total. The van der Waals surface area contributed by atoms with Crippen LogP contribution in [0.5, 0.6) is 11.5 Å². The molecule has 2 aromatic carbocycles. The van der Waals surface area contributed by atoms with Gasteiger partial charge >= 0.3 is 0 Å². The van der Waals surface area contributed by atoms with Crippen molar-refractivity contribution in [2.24, 2.45) is 0 Å². The maximum Gasteiger partial charge on any atom is 0.251 e. The quantitative estimate of drug-likeness (QED) is 0.897. The van der Waals surface area contributed by atoms with Crippen LogP contribution in [-0.2, 0) is 4.79 Å². The molecule has 0 bridgehead atoms. The molecule has 6 heteroatoms. The van der Waals surface area contributed by atoms with Gasteiger partial charge in [-0.3, -0.25) is 9.59 Å². The summed E-state index contributed by atoms with van der Waals surface area (Å²) in [6, 6.07) is 11.7. The molecular weight excluding hydrogens is 320 g/mol. The number of benzene rings is 2. The molecule has 130 valence electrons. The van der Waals surface area contributed by atoms with Gasteiger partial charge in [0.2, 0.25) is 5.91 Å². The minimum Gasteiger partial charge on any atom is -0.486 e. The predicted molar refractivity (Wildman–Crippen MR) is 94.2 cm³/mol. The van der Waals surface area contributed by atoms with Crippen LogP contribution in [0.4, 0.5) is 5.69 Å². The Bertz CT molecular complexity index is 804. The molecule has 25 heavy (non-hydrogen) atoms. The van der Waals surface area contributed by atoms with Crippen LogP contribution in [0.1, 0.15) is 22.8 Å². The van der Waals surface area contributed by atoms with Gasteiger partial charge in [0.1, 0.15) is 19.3 Å². The SMILES string of the molecule is Cc1cccc(C(=O)NC(C)C(=O)Nc2ccc3c(c2)OCCO3)c1. The fourth-order valence-electron chi connectivity index (χ4n) is 2.50. The Hall–Kier alpha value is -3.02. The van der Waals surface area contributed by atoms with Gasteiger partial charge in [-0.25, -0.2) is 0 Å². The van der Waals surface area contributed by atoms with E-state index in [1.54, 1.807) is 37.3 Å². The van der Waals surface area contributed by atoms with Crippen LogP contribution in [0.2, 0.25) is 0 Å². The molecule has 1 unspecified atom stereocenters. The number of carbonyl (C=O) groups excluding carboxylic acids is 2. The highest BCUT2D eigenvalue weighted by Crippen LogP contribution is 2.32. The Kier molecular flexibility index (Phi) is 4.88. The van der Waals surface area contributed by atoms with Crippen molar-refractivity contribution in [2.75, 3.05) is 18.5 Å². The molecule has 1 aliphatic heterocycles. The maximum absolute atomic E-state index is 12.3. The lowest BCUT2D eigenvalue weighted by Gasteiger charge is -2.19. The Morgan fingerprint density at radius 2 is 1.80 bits per heavy atom. The average Bonchev–Trinajstić information content (AvgIpc) is 2.61. The molecule has 0 spiro atoms. The van der Waals surface area contributed by atoms with Crippen molar-refractivity contribution >= 4 is 17.5 Å². The number of aryl methyl sites for hydroxylation is 1. The fourth-order valence-corrected chi connectivity index (χ4v) is 2.50. The fraction of sp³-hybridized carbons (Fsp3) is 0.263. The van der Waals surface area contributed by atoms with Crippen LogP contribution in [0.25, 0.3) is 0 Å². The van der Waals surface area contributed by atoms with Gasteiger partial charge in [-0.2, -0.15) is 0 Å². The normalized spacial score (nSPS) is 13.7. The van der Waals surface area contributed by atoms with Crippen LogP contribution >= 0.6 is 0 Å². The smallest absolute Gasteiger partial charge is 0.251 e. The minimum atomic E-state index is -0.679.